The number of rotatable bonds is 3. The maximum absolute atomic E-state index is 11.6. The molecule has 1 saturated heterocycles. The Morgan fingerprint density at radius 2 is 2.05 bits per heavy atom. The molecule has 1 aliphatic rings. The van der Waals surface area contributed by atoms with E-state index in [0.29, 0.717) is 5.88 Å². The Morgan fingerprint density at radius 3 is 2.67 bits per heavy atom. The van der Waals surface area contributed by atoms with Crippen LogP contribution in [-0.2, 0) is 9.53 Å². The largest absolute Gasteiger partial charge is 0.481 e. The molecular weight excluding hydrogens is 266 g/mol. The summed E-state index contributed by atoms with van der Waals surface area (Å²) in [6.07, 6.45) is 2.32. The molecule has 21 heavy (non-hydrogen) atoms. The van der Waals surface area contributed by atoms with Gasteiger partial charge in [0.1, 0.15) is 6.10 Å². The highest BCUT2D eigenvalue weighted by Gasteiger charge is 2.33. The summed E-state index contributed by atoms with van der Waals surface area (Å²) in [4.78, 5) is 15.9. The lowest BCUT2D eigenvalue weighted by molar-refractivity contribution is -0.144. The standard InChI is InChI=1S/C17H17NO3/c1-11-9-15(21-17(11)19)14-6-4-3-5-13(14)12-7-8-16(20-2)18-10-12/h3-8,10-11,15H,9H2,1-2H3/t11-,15?/m0/s1. The topological polar surface area (TPSA) is 48.4 Å². The van der Waals surface area contributed by atoms with Gasteiger partial charge < -0.3 is 9.47 Å². The van der Waals surface area contributed by atoms with E-state index in [-0.39, 0.29) is 18.0 Å². The molecule has 0 saturated carbocycles. The Hall–Kier alpha value is -2.36. The Bertz CT molecular complexity index is 651. The summed E-state index contributed by atoms with van der Waals surface area (Å²) in [6.45, 7) is 1.90. The maximum Gasteiger partial charge on any atom is 0.309 e. The zero-order chi connectivity index (χ0) is 14.8. The molecule has 4 nitrogen and oxygen atoms in total. The second-order valence-corrected chi connectivity index (χ2v) is 5.24. The number of nitrogens with zero attached hydrogens (tertiary/aromatic N) is 1. The van der Waals surface area contributed by atoms with Crippen LogP contribution in [0.25, 0.3) is 11.1 Å². The molecule has 1 aromatic heterocycles. The van der Waals surface area contributed by atoms with Crippen LogP contribution >= 0.6 is 0 Å². The number of methoxy groups -OCH3 is 1. The number of carbonyl (C=O) groups excluding carboxylic acids is 1. The van der Waals surface area contributed by atoms with E-state index in [4.69, 9.17) is 9.47 Å². The highest BCUT2D eigenvalue weighted by molar-refractivity contribution is 5.76. The number of esters is 1. The van der Waals surface area contributed by atoms with Crippen molar-refractivity contribution in [3.63, 3.8) is 0 Å². The molecular formula is C17H17NO3. The molecule has 0 N–H and O–H groups in total. The minimum atomic E-state index is -0.175. The Balaban J connectivity index is 1.97. The molecule has 0 spiro atoms. The first-order chi connectivity index (χ1) is 10.2. The van der Waals surface area contributed by atoms with Gasteiger partial charge in [-0.3, -0.25) is 4.79 Å². The maximum atomic E-state index is 11.6. The summed E-state index contributed by atoms with van der Waals surface area (Å²) in [7, 11) is 1.59. The number of aromatic nitrogens is 1. The third-order valence-electron chi connectivity index (χ3n) is 3.79. The fourth-order valence-electron chi connectivity index (χ4n) is 2.61. The number of hydrogen-bond acceptors (Lipinski definition) is 4. The molecule has 2 atom stereocenters. The van der Waals surface area contributed by atoms with E-state index in [1.807, 2.05) is 43.3 Å². The molecule has 1 unspecified atom stereocenters. The highest BCUT2D eigenvalue weighted by atomic mass is 16.6. The molecule has 4 heteroatoms. The van der Waals surface area contributed by atoms with Crippen LogP contribution in [0.5, 0.6) is 5.88 Å². The fraction of sp³-hybridized carbons (Fsp3) is 0.294. The number of carbonyl (C=O) groups is 1. The monoisotopic (exact) mass is 283 g/mol. The molecule has 0 radical (unpaired) electrons. The number of pyridine rings is 1. The summed E-state index contributed by atoms with van der Waals surface area (Å²) < 4.78 is 10.6. The molecule has 0 aliphatic carbocycles. The third kappa shape index (κ3) is 2.61. The lowest BCUT2D eigenvalue weighted by atomic mass is 9.94. The van der Waals surface area contributed by atoms with E-state index in [2.05, 4.69) is 4.98 Å². The Kier molecular flexibility index (Phi) is 3.60. The van der Waals surface area contributed by atoms with Crippen molar-refractivity contribution >= 4 is 5.97 Å². The number of benzene rings is 1. The van der Waals surface area contributed by atoms with Crippen LogP contribution in [0, 0.1) is 5.92 Å². The van der Waals surface area contributed by atoms with Crippen LogP contribution in [0.15, 0.2) is 42.6 Å². The second-order valence-electron chi connectivity index (χ2n) is 5.24. The summed E-state index contributed by atoms with van der Waals surface area (Å²) >= 11 is 0. The smallest absolute Gasteiger partial charge is 0.309 e. The van der Waals surface area contributed by atoms with Crippen molar-refractivity contribution in [2.45, 2.75) is 19.4 Å². The van der Waals surface area contributed by atoms with Gasteiger partial charge in [0.2, 0.25) is 5.88 Å². The first-order valence-corrected chi connectivity index (χ1v) is 6.99. The van der Waals surface area contributed by atoms with Gasteiger partial charge in [-0.1, -0.05) is 31.2 Å². The van der Waals surface area contributed by atoms with Crippen LogP contribution in [0.3, 0.4) is 0 Å². The van der Waals surface area contributed by atoms with Crippen molar-refractivity contribution in [3.8, 4) is 17.0 Å². The van der Waals surface area contributed by atoms with Gasteiger partial charge in [-0.25, -0.2) is 4.98 Å². The molecule has 2 aromatic rings. The molecule has 0 amide bonds. The molecule has 1 aromatic carbocycles. The predicted molar refractivity (Wildman–Crippen MR) is 78.8 cm³/mol. The quantitative estimate of drug-likeness (QED) is 0.810. The first-order valence-electron chi connectivity index (χ1n) is 6.99. The van der Waals surface area contributed by atoms with Crippen molar-refractivity contribution in [1.29, 1.82) is 0 Å². The van der Waals surface area contributed by atoms with Crippen molar-refractivity contribution in [2.24, 2.45) is 5.92 Å². The van der Waals surface area contributed by atoms with E-state index < -0.39 is 0 Å². The Morgan fingerprint density at radius 1 is 1.24 bits per heavy atom. The number of ether oxygens (including phenoxy) is 2. The van der Waals surface area contributed by atoms with Gasteiger partial charge in [0.15, 0.2) is 0 Å². The highest BCUT2D eigenvalue weighted by Crippen LogP contribution is 2.38. The number of cyclic esters (lactones) is 1. The van der Waals surface area contributed by atoms with Gasteiger partial charge in [0.05, 0.1) is 13.0 Å². The summed E-state index contributed by atoms with van der Waals surface area (Å²) in [5, 5.41) is 0. The van der Waals surface area contributed by atoms with Crippen LogP contribution in [0.1, 0.15) is 25.0 Å². The third-order valence-corrected chi connectivity index (χ3v) is 3.79. The molecule has 1 aliphatic heterocycles. The average Bonchev–Trinajstić information content (AvgIpc) is 2.87. The SMILES string of the molecule is COc1ccc(-c2ccccc2C2C[C@H](C)C(=O)O2)cn1. The van der Waals surface area contributed by atoms with Gasteiger partial charge in [0, 0.05) is 29.8 Å². The molecule has 108 valence electrons. The molecule has 0 bridgehead atoms. The van der Waals surface area contributed by atoms with E-state index in [1.54, 1.807) is 13.3 Å². The van der Waals surface area contributed by atoms with Crippen LogP contribution in [-0.4, -0.2) is 18.1 Å². The fourth-order valence-corrected chi connectivity index (χ4v) is 2.61. The van der Waals surface area contributed by atoms with E-state index >= 15 is 0 Å². The second kappa shape index (κ2) is 5.56. The molecule has 1 fully saturated rings. The van der Waals surface area contributed by atoms with E-state index in [0.717, 1.165) is 23.1 Å². The van der Waals surface area contributed by atoms with Crippen LogP contribution in [0.4, 0.5) is 0 Å². The van der Waals surface area contributed by atoms with Crippen LogP contribution < -0.4 is 4.74 Å². The van der Waals surface area contributed by atoms with Gasteiger partial charge in [-0.2, -0.15) is 0 Å². The van der Waals surface area contributed by atoms with E-state index in [9.17, 15) is 4.79 Å². The lowest BCUT2D eigenvalue weighted by Gasteiger charge is -2.15. The van der Waals surface area contributed by atoms with E-state index in [1.165, 1.54) is 0 Å². The van der Waals surface area contributed by atoms with Gasteiger partial charge in [-0.05, 0) is 11.6 Å². The minimum absolute atomic E-state index is 0.0444. The molecule has 3 rings (SSSR count). The lowest BCUT2D eigenvalue weighted by Crippen LogP contribution is -2.02. The van der Waals surface area contributed by atoms with Crippen molar-refractivity contribution in [3.05, 3.63) is 48.2 Å². The summed E-state index contributed by atoms with van der Waals surface area (Å²) in [5.41, 5.74) is 3.06. The van der Waals surface area contributed by atoms with Crippen molar-refractivity contribution < 1.29 is 14.3 Å². The zero-order valence-corrected chi connectivity index (χ0v) is 12.1. The Labute approximate surface area is 123 Å². The minimum Gasteiger partial charge on any atom is -0.481 e. The van der Waals surface area contributed by atoms with Gasteiger partial charge in [-0.15, -0.1) is 0 Å². The van der Waals surface area contributed by atoms with Gasteiger partial charge in [0.25, 0.3) is 0 Å². The summed E-state index contributed by atoms with van der Waals surface area (Å²) in [5.74, 6) is 0.414. The van der Waals surface area contributed by atoms with Crippen LogP contribution in [0.2, 0.25) is 0 Å². The average molecular weight is 283 g/mol. The van der Waals surface area contributed by atoms with Gasteiger partial charge >= 0.3 is 5.97 Å². The van der Waals surface area contributed by atoms with Crippen molar-refractivity contribution in [1.82, 2.24) is 4.98 Å². The summed E-state index contributed by atoms with van der Waals surface area (Å²) in [6, 6.07) is 11.8. The zero-order valence-electron chi connectivity index (χ0n) is 12.1. The van der Waals surface area contributed by atoms with Crippen molar-refractivity contribution in [2.75, 3.05) is 7.11 Å². The predicted octanol–water partition coefficient (Wildman–Crippen LogP) is 3.38. The molecule has 2 heterocycles. The normalized spacial score (nSPS) is 21.1. The first kappa shape index (κ1) is 13.6. The number of hydrogen-bond donors (Lipinski definition) is 0.